The summed E-state index contributed by atoms with van der Waals surface area (Å²) < 4.78 is 5.11. The number of carbonyl (C=O) groups is 1. The minimum atomic E-state index is -0.852. The molecule has 88 valence electrons. The van der Waals surface area contributed by atoms with Crippen LogP contribution in [0.25, 0.3) is 0 Å². The Morgan fingerprint density at radius 2 is 2.50 bits per heavy atom. The molecule has 1 rings (SSSR count). The first-order valence-electron chi connectivity index (χ1n) is 4.34. The van der Waals surface area contributed by atoms with Gasteiger partial charge in [-0.15, -0.1) is 0 Å². The highest BCUT2D eigenvalue weighted by molar-refractivity contribution is 9.10. The average molecular weight is 310 g/mol. The van der Waals surface area contributed by atoms with E-state index >= 15 is 0 Å². The fraction of sp³-hybridized carbons (Fsp3) is 0.333. The predicted molar refractivity (Wildman–Crippen MR) is 63.5 cm³/mol. The number of hydrogen-bond donors (Lipinski definition) is 2. The lowest BCUT2D eigenvalue weighted by molar-refractivity contribution is -0.142. The second-order valence-electron chi connectivity index (χ2n) is 2.89. The summed E-state index contributed by atoms with van der Waals surface area (Å²) in [7, 11) is 1.25. The molecule has 0 fully saturated rings. The number of hydrogen-bond acceptors (Lipinski definition) is 5. The van der Waals surface area contributed by atoms with E-state index in [1.165, 1.54) is 13.3 Å². The van der Waals surface area contributed by atoms with E-state index in [0.29, 0.717) is 15.3 Å². The van der Waals surface area contributed by atoms with E-state index in [1.54, 1.807) is 6.07 Å². The third kappa shape index (κ3) is 3.33. The Hall–Kier alpha value is -0.850. The van der Waals surface area contributed by atoms with E-state index in [-0.39, 0.29) is 6.61 Å². The number of pyridine rings is 1. The van der Waals surface area contributed by atoms with Crippen LogP contribution in [0.3, 0.4) is 0 Å². The number of aliphatic hydroxyl groups excluding tert-OH is 1. The van der Waals surface area contributed by atoms with Gasteiger partial charge in [0.1, 0.15) is 11.9 Å². The lowest BCUT2D eigenvalue weighted by Gasteiger charge is -2.15. The Morgan fingerprint density at radius 1 is 1.81 bits per heavy atom. The van der Waals surface area contributed by atoms with Crippen LogP contribution in [0.1, 0.15) is 0 Å². The quantitative estimate of drug-likeness (QED) is 0.824. The molecule has 1 aromatic heterocycles. The Labute approximate surface area is 106 Å². The Bertz CT molecular complexity index is 389. The Balaban J connectivity index is 2.82. The lowest BCUT2D eigenvalue weighted by Crippen LogP contribution is -2.34. The van der Waals surface area contributed by atoms with Crippen molar-refractivity contribution in [1.29, 1.82) is 0 Å². The molecule has 0 amide bonds. The summed E-state index contributed by atoms with van der Waals surface area (Å²) in [6.45, 7) is -0.385. The largest absolute Gasteiger partial charge is 0.467 e. The molecule has 7 heteroatoms. The van der Waals surface area contributed by atoms with Crippen LogP contribution in [-0.4, -0.2) is 35.8 Å². The first-order valence-corrected chi connectivity index (χ1v) is 5.52. The first kappa shape index (κ1) is 13.2. The number of anilines is 1. The summed E-state index contributed by atoms with van der Waals surface area (Å²) in [5.41, 5.74) is 0. The molecule has 1 atom stereocenters. The van der Waals surface area contributed by atoms with Crippen molar-refractivity contribution >= 4 is 39.3 Å². The molecule has 0 spiro atoms. The zero-order chi connectivity index (χ0) is 12.1. The van der Waals surface area contributed by atoms with Crippen LogP contribution in [0.2, 0.25) is 5.02 Å². The maximum atomic E-state index is 11.2. The van der Waals surface area contributed by atoms with Crippen molar-refractivity contribution in [3.63, 3.8) is 0 Å². The van der Waals surface area contributed by atoms with Crippen molar-refractivity contribution in [1.82, 2.24) is 4.98 Å². The monoisotopic (exact) mass is 308 g/mol. The number of nitrogens with one attached hydrogen (secondary N) is 1. The molecule has 0 aliphatic carbocycles. The molecule has 2 N–H and O–H groups in total. The molecule has 0 aliphatic rings. The maximum Gasteiger partial charge on any atom is 0.330 e. The molecule has 1 aromatic rings. The van der Waals surface area contributed by atoms with Crippen LogP contribution < -0.4 is 5.32 Å². The molecule has 1 unspecified atom stereocenters. The van der Waals surface area contributed by atoms with Gasteiger partial charge in [0.15, 0.2) is 0 Å². The summed E-state index contributed by atoms with van der Waals surface area (Å²) in [5, 5.41) is 12.2. The van der Waals surface area contributed by atoms with Crippen LogP contribution in [0.15, 0.2) is 16.7 Å². The van der Waals surface area contributed by atoms with Gasteiger partial charge in [-0.2, -0.15) is 0 Å². The number of halogens is 2. The van der Waals surface area contributed by atoms with Crippen molar-refractivity contribution in [3.8, 4) is 0 Å². The Kier molecular flexibility index (Phi) is 4.98. The van der Waals surface area contributed by atoms with Crippen molar-refractivity contribution in [2.24, 2.45) is 0 Å². The van der Waals surface area contributed by atoms with E-state index in [2.05, 4.69) is 31.0 Å². The van der Waals surface area contributed by atoms with Gasteiger partial charge in [0.05, 0.1) is 23.2 Å². The third-order valence-electron chi connectivity index (χ3n) is 1.79. The van der Waals surface area contributed by atoms with Gasteiger partial charge >= 0.3 is 5.97 Å². The van der Waals surface area contributed by atoms with Gasteiger partial charge in [0.25, 0.3) is 0 Å². The van der Waals surface area contributed by atoms with Gasteiger partial charge in [-0.25, -0.2) is 9.78 Å². The molecule has 0 aromatic carbocycles. The van der Waals surface area contributed by atoms with Gasteiger partial charge in [-0.05, 0) is 22.0 Å². The third-order valence-corrected chi connectivity index (χ3v) is 2.60. The molecular weight excluding hydrogens is 299 g/mol. The number of methoxy groups -OCH3 is 1. The topological polar surface area (TPSA) is 71.5 Å². The second-order valence-corrected chi connectivity index (χ2v) is 4.18. The summed E-state index contributed by atoms with van der Waals surface area (Å²) in [5.74, 6) is -0.153. The standard InChI is InChI=1S/C9H10BrClN2O3/c1-16-9(15)7(4-14)13-8-6(10)2-5(11)3-12-8/h2-3,7,14H,4H2,1H3,(H,12,13). The molecule has 16 heavy (non-hydrogen) atoms. The highest BCUT2D eigenvalue weighted by atomic mass is 79.9. The number of aliphatic hydroxyl groups is 1. The van der Waals surface area contributed by atoms with Gasteiger partial charge in [-0.1, -0.05) is 11.6 Å². The second kappa shape index (κ2) is 6.03. The molecule has 0 saturated carbocycles. The van der Waals surface area contributed by atoms with Gasteiger partial charge < -0.3 is 15.2 Å². The zero-order valence-electron chi connectivity index (χ0n) is 8.41. The number of carbonyl (C=O) groups excluding carboxylic acids is 1. The smallest absolute Gasteiger partial charge is 0.330 e. The van der Waals surface area contributed by atoms with Crippen molar-refractivity contribution in [2.45, 2.75) is 6.04 Å². The highest BCUT2D eigenvalue weighted by Gasteiger charge is 2.19. The van der Waals surface area contributed by atoms with Crippen LogP contribution in [0, 0.1) is 0 Å². The van der Waals surface area contributed by atoms with E-state index in [4.69, 9.17) is 16.7 Å². The fourth-order valence-corrected chi connectivity index (χ4v) is 1.76. The first-order chi connectivity index (χ1) is 7.58. The van der Waals surface area contributed by atoms with Crippen LogP contribution in [0.4, 0.5) is 5.82 Å². The van der Waals surface area contributed by atoms with Gasteiger partial charge in [0.2, 0.25) is 0 Å². The van der Waals surface area contributed by atoms with Gasteiger partial charge in [0, 0.05) is 6.20 Å². The van der Waals surface area contributed by atoms with Crippen molar-refractivity contribution in [2.75, 3.05) is 19.0 Å². The van der Waals surface area contributed by atoms with E-state index in [9.17, 15) is 4.79 Å². The molecule has 1 heterocycles. The molecule has 0 radical (unpaired) electrons. The van der Waals surface area contributed by atoms with E-state index in [0.717, 1.165) is 0 Å². The number of rotatable bonds is 4. The minimum Gasteiger partial charge on any atom is -0.467 e. The van der Waals surface area contributed by atoms with E-state index in [1.807, 2.05) is 0 Å². The zero-order valence-corrected chi connectivity index (χ0v) is 10.7. The van der Waals surface area contributed by atoms with Gasteiger partial charge in [-0.3, -0.25) is 0 Å². The number of aromatic nitrogens is 1. The lowest BCUT2D eigenvalue weighted by atomic mass is 10.3. The van der Waals surface area contributed by atoms with Crippen molar-refractivity contribution in [3.05, 3.63) is 21.8 Å². The number of esters is 1. The van der Waals surface area contributed by atoms with Crippen LogP contribution in [-0.2, 0) is 9.53 Å². The molecule has 0 bridgehead atoms. The highest BCUT2D eigenvalue weighted by Crippen LogP contribution is 2.23. The van der Waals surface area contributed by atoms with E-state index < -0.39 is 12.0 Å². The van der Waals surface area contributed by atoms with Crippen LogP contribution >= 0.6 is 27.5 Å². The predicted octanol–water partition coefficient (Wildman–Crippen LogP) is 1.44. The summed E-state index contributed by atoms with van der Waals surface area (Å²) >= 11 is 8.95. The summed E-state index contributed by atoms with van der Waals surface area (Å²) in [4.78, 5) is 15.2. The Morgan fingerprint density at radius 3 is 3.00 bits per heavy atom. The SMILES string of the molecule is COC(=O)C(CO)Nc1ncc(Cl)cc1Br. The number of ether oxygens (including phenoxy) is 1. The minimum absolute atomic E-state index is 0.385. The van der Waals surface area contributed by atoms with Crippen LogP contribution in [0.5, 0.6) is 0 Å². The maximum absolute atomic E-state index is 11.2. The molecular formula is C9H10BrClN2O3. The summed E-state index contributed by atoms with van der Waals surface area (Å²) in [6.07, 6.45) is 1.43. The normalized spacial score (nSPS) is 12.0. The summed E-state index contributed by atoms with van der Waals surface area (Å²) in [6, 6.07) is 0.776. The fourth-order valence-electron chi connectivity index (χ4n) is 1.01. The number of nitrogens with zero attached hydrogens (tertiary/aromatic N) is 1. The average Bonchev–Trinajstić information content (AvgIpc) is 2.27. The molecule has 0 saturated heterocycles. The van der Waals surface area contributed by atoms with Crippen molar-refractivity contribution < 1.29 is 14.6 Å². The molecule has 0 aliphatic heterocycles. The molecule has 5 nitrogen and oxygen atoms in total.